The first-order valence-electron chi connectivity index (χ1n) is 12.4. The Morgan fingerprint density at radius 3 is 2.53 bits per heavy atom. The van der Waals surface area contributed by atoms with Crippen molar-refractivity contribution in [3.63, 3.8) is 0 Å². The molecule has 0 bridgehead atoms. The van der Waals surface area contributed by atoms with Crippen LogP contribution in [0.5, 0.6) is 5.75 Å². The van der Waals surface area contributed by atoms with Crippen molar-refractivity contribution in [3.05, 3.63) is 48.0 Å². The summed E-state index contributed by atoms with van der Waals surface area (Å²) in [4.78, 5) is 20.7. The van der Waals surface area contributed by atoms with Gasteiger partial charge in [0, 0.05) is 17.9 Å². The van der Waals surface area contributed by atoms with E-state index in [-0.39, 0.29) is 11.9 Å². The summed E-state index contributed by atoms with van der Waals surface area (Å²) in [7, 11) is 0. The van der Waals surface area contributed by atoms with Crippen LogP contribution in [-0.2, 0) is 9.53 Å². The summed E-state index contributed by atoms with van der Waals surface area (Å²) in [6, 6.07) is 8.16. The Morgan fingerprint density at radius 2 is 1.89 bits per heavy atom. The number of nitrogens with one attached hydrogen (secondary N) is 1. The standard InChI is InChI=1S/C20H19FN4O2.C7H16.CH2O/c1-12-7-14(22-2)9-17-19(12)20(24-11-23-17)25-16-4-3-13(21)8-18(16)27-15-5-6-26-10-15;1-3-5-7-6-4-2;1-2/h3-4,7-9,11,15H,2,5-6,10H2,1H3,(H,23,24,25);3-7H2,1-2H3;1H2. The number of aryl methyl sites for hydroxylation is 1. The highest BCUT2D eigenvalue weighted by Gasteiger charge is 2.20. The van der Waals surface area contributed by atoms with Crippen molar-refractivity contribution in [3.8, 4) is 5.75 Å². The van der Waals surface area contributed by atoms with Gasteiger partial charge in [-0.1, -0.05) is 46.0 Å². The van der Waals surface area contributed by atoms with E-state index in [0.717, 1.165) is 28.6 Å². The first kappa shape index (κ1) is 28.8. The Kier molecular flexibility index (Phi) is 12.5. The topological polar surface area (TPSA) is 85.7 Å². The molecule has 0 radical (unpaired) electrons. The maximum absolute atomic E-state index is 13.8. The van der Waals surface area contributed by atoms with Crippen molar-refractivity contribution in [1.82, 2.24) is 9.97 Å². The maximum Gasteiger partial charge on any atom is 0.146 e. The molecule has 1 aliphatic heterocycles. The fraction of sp³-hybridized carbons (Fsp3) is 0.429. The summed E-state index contributed by atoms with van der Waals surface area (Å²) in [5.74, 6) is 0.687. The van der Waals surface area contributed by atoms with Crippen LogP contribution in [0.2, 0.25) is 0 Å². The lowest BCUT2D eigenvalue weighted by molar-refractivity contribution is -0.0980. The Morgan fingerprint density at radius 1 is 1.14 bits per heavy atom. The summed E-state index contributed by atoms with van der Waals surface area (Å²) in [5.41, 5.74) is 3.10. The van der Waals surface area contributed by atoms with E-state index in [1.165, 1.54) is 50.6 Å². The molecule has 0 saturated carbocycles. The second kappa shape index (κ2) is 15.6. The Labute approximate surface area is 213 Å². The normalized spacial score (nSPS) is 14.3. The van der Waals surface area contributed by atoms with Gasteiger partial charge in [-0.3, -0.25) is 4.99 Å². The van der Waals surface area contributed by atoms with Crippen molar-refractivity contribution in [2.75, 3.05) is 18.5 Å². The molecule has 1 fully saturated rings. The molecule has 2 heterocycles. The number of aromatic nitrogens is 2. The van der Waals surface area contributed by atoms with Gasteiger partial charge in [0.1, 0.15) is 36.6 Å². The van der Waals surface area contributed by atoms with Crippen LogP contribution in [0.15, 0.2) is 41.7 Å². The molecule has 0 spiro atoms. The van der Waals surface area contributed by atoms with Crippen LogP contribution >= 0.6 is 0 Å². The third-order valence-electron chi connectivity index (χ3n) is 5.69. The summed E-state index contributed by atoms with van der Waals surface area (Å²) >= 11 is 0. The van der Waals surface area contributed by atoms with Crippen LogP contribution in [0, 0.1) is 12.7 Å². The van der Waals surface area contributed by atoms with Gasteiger partial charge in [-0.2, -0.15) is 0 Å². The SMILES string of the molecule is C=Nc1cc(C)c2c(Nc3ccc(F)cc3OC3CCOC3)ncnc2c1.C=O.CCCCCCC. The Bertz CT molecular complexity index is 1100. The maximum atomic E-state index is 13.8. The van der Waals surface area contributed by atoms with Gasteiger partial charge in [-0.25, -0.2) is 14.4 Å². The number of rotatable bonds is 9. The van der Waals surface area contributed by atoms with Crippen LogP contribution in [-0.4, -0.2) is 42.8 Å². The highest BCUT2D eigenvalue weighted by molar-refractivity contribution is 5.95. The number of hydrogen-bond donors (Lipinski definition) is 1. The van der Waals surface area contributed by atoms with E-state index in [2.05, 4.69) is 40.8 Å². The highest BCUT2D eigenvalue weighted by Crippen LogP contribution is 2.34. The zero-order valence-electron chi connectivity index (χ0n) is 21.6. The lowest BCUT2D eigenvalue weighted by Crippen LogP contribution is -2.16. The second-order valence-corrected chi connectivity index (χ2v) is 8.47. The smallest absolute Gasteiger partial charge is 0.146 e. The molecular weight excluding hydrogens is 459 g/mol. The van der Waals surface area contributed by atoms with Gasteiger partial charge >= 0.3 is 0 Å². The Hall–Kier alpha value is -3.39. The van der Waals surface area contributed by atoms with Crippen molar-refractivity contribution < 1.29 is 18.7 Å². The van der Waals surface area contributed by atoms with Crippen LogP contribution < -0.4 is 10.1 Å². The van der Waals surface area contributed by atoms with Gasteiger partial charge in [-0.15, -0.1) is 0 Å². The van der Waals surface area contributed by atoms with E-state index >= 15 is 0 Å². The molecule has 1 aromatic heterocycles. The van der Waals surface area contributed by atoms with E-state index in [1.807, 2.05) is 25.8 Å². The minimum Gasteiger partial charge on any atom is -0.486 e. The Balaban J connectivity index is 0.000000440. The predicted octanol–water partition coefficient (Wildman–Crippen LogP) is 7.11. The van der Waals surface area contributed by atoms with Crippen molar-refractivity contribution in [1.29, 1.82) is 0 Å². The molecule has 4 rings (SSSR count). The molecule has 1 atom stereocenters. The zero-order valence-corrected chi connectivity index (χ0v) is 21.6. The van der Waals surface area contributed by atoms with Crippen LogP contribution in [0.25, 0.3) is 10.9 Å². The number of hydrogen-bond acceptors (Lipinski definition) is 7. The molecule has 2 aromatic carbocycles. The van der Waals surface area contributed by atoms with Crippen molar-refractivity contribution in [2.24, 2.45) is 4.99 Å². The van der Waals surface area contributed by atoms with Gasteiger partial charge < -0.3 is 19.6 Å². The molecular formula is C28H37FN4O3. The number of carbonyl (C=O) groups is 1. The number of anilines is 2. The predicted molar refractivity (Wildman–Crippen MR) is 145 cm³/mol. The number of carbonyl (C=O) groups excluding carboxylic acids is 1. The molecule has 0 amide bonds. The molecule has 36 heavy (non-hydrogen) atoms. The van der Waals surface area contributed by atoms with E-state index in [0.29, 0.717) is 30.5 Å². The third kappa shape index (κ3) is 8.37. The lowest BCUT2D eigenvalue weighted by atomic mass is 10.1. The van der Waals surface area contributed by atoms with E-state index < -0.39 is 0 Å². The molecule has 7 nitrogen and oxygen atoms in total. The number of aliphatic imine (C=N–C) groups is 1. The molecule has 194 valence electrons. The van der Waals surface area contributed by atoms with Crippen molar-refractivity contribution >= 4 is 41.6 Å². The molecule has 8 heteroatoms. The van der Waals surface area contributed by atoms with E-state index in [1.54, 1.807) is 6.07 Å². The number of ether oxygens (including phenoxy) is 2. The fourth-order valence-electron chi connectivity index (χ4n) is 3.85. The molecule has 0 aliphatic carbocycles. The van der Waals surface area contributed by atoms with E-state index in [4.69, 9.17) is 14.3 Å². The van der Waals surface area contributed by atoms with Crippen molar-refractivity contribution in [2.45, 2.75) is 65.4 Å². The quantitative estimate of drug-likeness (QED) is 0.251. The van der Waals surface area contributed by atoms with Crippen LogP contribution in [0.4, 0.5) is 21.6 Å². The van der Waals surface area contributed by atoms with Gasteiger partial charge in [0.25, 0.3) is 0 Å². The number of halogens is 1. The average Bonchev–Trinajstić information content (AvgIpc) is 3.40. The van der Waals surface area contributed by atoms with Gasteiger partial charge in [0.2, 0.25) is 0 Å². The monoisotopic (exact) mass is 496 g/mol. The molecule has 1 saturated heterocycles. The largest absolute Gasteiger partial charge is 0.486 e. The fourth-order valence-corrected chi connectivity index (χ4v) is 3.85. The van der Waals surface area contributed by atoms with Gasteiger partial charge in [0.05, 0.1) is 30.1 Å². The number of nitrogens with zero attached hydrogens (tertiary/aromatic N) is 3. The van der Waals surface area contributed by atoms with Gasteiger partial charge in [0.15, 0.2) is 0 Å². The van der Waals surface area contributed by atoms with E-state index in [9.17, 15) is 4.39 Å². The third-order valence-corrected chi connectivity index (χ3v) is 5.69. The summed E-state index contributed by atoms with van der Waals surface area (Å²) in [5, 5.41) is 4.13. The molecule has 1 N–H and O–H groups in total. The lowest BCUT2D eigenvalue weighted by Gasteiger charge is -2.17. The first-order valence-corrected chi connectivity index (χ1v) is 12.4. The molecule has 1 unspecified atom stereocenters. The summed E-state index contributed by atoms with van der Waals surface area (Å²) < 4.78 is 25.1. The molecule has 3 aromatic rings. The zero-order chi connectivity index (χ0) is 26.3. The number of fused-ring (bicyclic) bond motifs is 1. The van der Waals surface area contributed by atoms with Gasteiger partial charge in [-0.05, 0) is 43.5 Å². The van der Waals surface area contributed by atoms with Crippen LogP contribution in [0.3, 0.4) is 0 Å². The second-order valence-electron chi connectivity index (χ2n) is 8.47. The summed E-state index contributed by atoms with van der Waals surface area (Å²) in [6.07, 6.45) is 9.18. The van der Waals surface area contributed by atoms with Crippen LogP contribution in [0.1, 0.15) is 57.9 Å². The average molecular weight is 497 g/mol. The number of unbranched alkanes of at least 4 members (excludes halogenated alkanes) is 4. The highest BCUT2D eigenvalue weighted by atomic mass is 19.1. The first-order chi connectivity index (χ1) is 17.5. The summed E-state index contributed by atoms with van der Waals surface area (Å²) in [6.45, 7) is 13.2. The number of benzene rings is 2. The minimum atomic E-state index is -0.361. The molecule has 1 aliphatic rings. The minimum absolute atomic E-state index is 0.0857.